The Morgan fingerprint density at radius 1 is 1.50 bits per heavy atom. The fourth-order valence-corrected chi connectivity index (χ4v) is 0.636. The Kier molecular flexibility index (Phi) is 5.45. The van der Waals surface area contributed by atoms with Crippen LogP contribution in [0.5, 0.6) is 0 Å². The summed E-state index contributed by atoms with van der Waals surface area (Å²) in [6.45, 7) is -0.0260. The second-order valence-electron chi connectivity index (χ2n) is 1.82. The molecule has 0 spiro atoms. The van der Waals surface area contributed by atoms with Crippen LogP contribution in [0.15, 0.2) is 12.3 Å². The van der Waals surface area contributed by atoms with Gasteiger partial charge in [0.1, 0.15) is 5.82 Å². The largest absolute Gasteiger partial charge is 0.257 e. The Morgan fingerprint density at radius 3 is 2.33 bits per heavy atom. The maximum atomic E-state index is 12.2. The number of rotatable bonds is 0. The zero-order valence-corrected chi connectivity index (χ0v) is 7.08. The third-order valence-electron chi connectivity index (χ3n) is 0.992. The summed E-state index contributed by atoms with van der Waals surface area (Å²) >= 11 is 5.51. The molecule has 0 atom stereocenters. The molecule has 0 fully saturated rings. The van der Waals surface area contributed by atoms with Gasteiger partial charge in [0.2, 0.25) is 6.93 Å². The van der Waals surface area contributed by atoms with Gasteiger partial charge in [-0.2, -0.15) is 0 Å². The normalized spacial score (nSPS) is 8.75. The molecule has 0 unspecified atom stereocenters. The van der Waals surface area contributed by atoms with Crippen molar-refractivity contribution in [3.63, 3.8) is 0 Å². The Hall–Kier alpha value is -0.770. The zero-order chi connectivity index (χ0) is 9.56. The molecule has 0 aliphatic carbocycles. The first-order valence-electron chi connectivity index (χ1n) is 3.01. The Labute approximate surface area is 73.2 Å². The van der Waals surface area contributed by atoms with Crippen LogP contribution in [0.1, 0.15) is 5.69 Å². The fraction of sp³-hybridized carbons (Fsp3) is 0.286. The number of aromatic nitrogens is 1. The van der Waals surface area contributed by atoms with Crippen molar-refractivity contribution in [3.8, 4) is 0 Å². The maximum Gasteiger partial charge on any atom is 0.229 e. The summed E-state index contributed by atoms with van der Waals surface area (Å²) in [5, 5.41) is 0.370. The van der Waals surface area contributed by atoms with E-state index in [4.69, 9.17) is 11.6 Å². The van der Waals surface area contributed by atoms with Gasteiger partial charge in [-0.15, -0.1) is 0 Å². The predicted molar refractivity (Wildman–Crippen MR) is 41.0 cm³/mol. The van der Waals surface area contributed by atoms with Gasteiger partial charge < -0.3 is 0 Å². The molecule has 1 rings (SSSR count). The van der Waals surface area contributed by atoms with E-state index < -0.39 is 12.7 Å². The second kappa shape index (κ2) is 5.83. The molecular formula is C7H7ClF3N. The van der Waals surface area contributed by atoms with Gasteiger partial charge in [0.15, 0.2) is 0 Å². The standard InChI is InChI=1S/C6H5ClFN.CH2F2/c1-4-6(7)2-5(8)3-9-4;2-1-3/h2-3H,1H3;1H2. The monoisotopic (exact) mass is 197 g/mol. The van der Waals surface area contributed by atoms with Gasteiger partial charge in [-0.3, -0.25) is 4.98 Å². The van der Waals surface area contributed by atoms with E-state index in [0.717, 1.165) is 6.20 Å². The first-order valence-corrected chi connectivity index (χ1v) is 3.39. The lowest BCUT2D eigenvalue weighted by molar-refractivity contribution is 0.295. The van der Waals surface area contributed by atoms with Gasteiger partial charge in [-0.05, 0) is 13.0 Å². The molecule has 0 saturated carbocycles. The van der Waals surface area contributed by atoms with Gasteiger partial charge in [0.05, 0.1) is 16.9 Å². The third kappa shape index (κ3) is 4.18. The molecular weight excluding hydrogens is 191 g/mol. The van der Waals surface area contributed by atoms with Crippen LogP contribution in [0.4, 0.5) is 13.2 Å². The summed E-state index contributed by atoms with van der Waals surface area (Å²) in [4.78, 5) is 3.67. The molecule has 0 aliphatic rings. The quantitative estimate of drug-likeness (QED) is 0.623. The van der Waals surface area contributed by atoms with Crippen LogP contribution in [0.2, 0.25) is 5.02 Å². The number of aryl methyl sites for hydroxylation is 1. The minimum atomic E-state index is -1.75. The highest BCUT2D eigenvalue weighted by molar-refractivity contribution is 6.31. The third-order valence-corrected chi connectivity index (χ3v) is 1.37. The molecule has 1 aromatic rings. The molecule has 0 aromatic carbocycles. The molecule has 12 heavy (non-hydrogen) atoms. The van der Waals surface area contributed by atoms with E-state index in [1.165, 1.54) is 6.07 Å². The minimum Gasteiger partial charge on any atom is -0.257 e. The van der Waals surface area contributed by atoms with Crippen LogP contribution >= 0.6 is 11.6 Å². The van der Waals surface area contributed by atoms with Crippen LogP contribution in [-0.4, -0.2) is 11.9 Å². The highest BCUT2D eigenvalue weighted by Gasteiger charge is 1.95. The molecule has 68 valence electrons. The summed E-state index contributed by atoms with van der Waals surface area (Å²) < 4.78 is 31.5. The van der Waals surface area contributed by atoms with Crippen LogP contribution in [-0.2, 0) is 0 Å². The van der Waals surface area contributed by atoms with Gasteiger partial charge >= 0.3 is 0 Å². The molecule has 0 bridgehead atoms. The van der Waals surface area contributed by atoms with Crippen molar-refractivity contribution in [1.82, 2.24) is 4.98 Å². The summed E-state index contributed by atoms with van der Waals surface area (Å²) in [5.41, 5.74) is 0.651. The van der Waals surface area contributed by atoms with Gasteiger partial charge in [-0.1, -0.05) is 11.6 Å². The van der Waals surface area contributed by atoms with E-state index in [1.54, 1.807) is 6.92 Å². The summed E-state index contributed by atoms with van der Waals surface area (Å²) in [7, 11) is 0. The van der Waals surface area contributed by atoms with Gasteiger partial charge in [0, 0.05) is 0 Å². The Bertz CT molecular complexity index is 242. The van der Waals surface area contributed by atoms with Gasteiger partial charge in [0.25, 0.3) is 0 Å². The van der Waals surface area contributed by atoms with E-state index in [1.807, 2.05) is 0 Å². The van der Waals surface area contributed by atoms with E-state index in [0.29, 0.717) is 10.7 Å². The maximum absolute atomic E-state index is 12.2. The number of hydrogen-bond donors (Lipinski definition) is 0. The molecule has 0 aliphatic heterocycles. The number of halogens is 4. The van der Waals surface area contributed by atoms with Crippen molar-refractivity contribution < 1.29 is 13.2 Å². The smallest absolute Gasteiger partial charge is 0.229 e. The number of hydrogen-bond acceptors (Lipinski definition) is 1. The van der Waals surface area contributed by atoms with Crippen molar-refractivity contribution in [1.29, 1.82) is 0 Å². The van der Waals surface area contributed by atoms with E-state index in [2.05, 4.69) is 4.98 Å². The van der Waals surface area contributed by atoms with E-state index in [-0.39, 0.29) is 0 Å². The highest BCUT2D eigenvalue weighted by Crippen LogP contribution is 2.12. The highest BCUT2D eigenvalue weighted by atomic mass is 35.5. The SMILES string of the molecule is Cc1ncc(F)cc1Cl.FCF. The summed E-state index contributed by atoms with van der Waals surface area (Å²) in [5.74, 6) is -0.398. The molecule has 0 N–H and O–H groups in total. The number of alkyl halides is 2. The Balaban J connectivity index is 0.000000354. The second-order valence-corrected chi connectivity index (χ2v) is 2.23. The van der Waals surface area contributed by atoms with Crippen molar-refractivity contribution >= 4 is 11.6 Å². The topological polar surface area (TPSA) is 12.9 Å². The molecule has 0 radical (unpaired) electrons. The molecule has 1 aromatic heterocycles. The first kappa shape index (κ1) is 11.2. The van der Waals surface area contributed by atoms with Crippen LogP contribution in [0.3, 0.4) is 0 Å². The van der Waals surface area contributed by atoms with E-state index >= 15 is 0 Å². The first-order chi connectivity index (χ1) is 5.61. The average molecular weight is 198 g/mol. The lowest BCUT2D eigenvalue weighted by Gasteiger charge is -1.92. The summed E-state index contributed by atoms with van der Waals surface area (Å²) in [6, 6.07) is 1.24. The van der Waals surface area contributed by atoms with Crippen LogP contribution < -0.4 is 0 Å². The van der Waals surface area contributed by atoms with Crippen molar-refractivity contribution in [2.75, 3.05) is 6.93 Å². The lowest BCUT2D eigenvalue weighted by Crippen LogP contribution is -1.82. The number of nitrogens with zero attached hydrogens (tertiary/aromatic N) is 1. The van der Waals surface area contributed by atoms with Crippen LogP contribution in [0, 0.1) is 12.7 Å². The average Bonchev–Trinajstić information content (AvgIpc) is 1.99. The fourth-order valence-electron chi connectivity index (χ4n) is 0.483. The predicted octanol–water partition coefficient (Wildman–Crippen LogP) is 3.07. The van der Waals surface area contributed by atoms with Crippen LogP contribution in [0.25, 0.3) is 0 Å². The minimum absolute atomic E-state index is 0.370. The van der Waals surface area contributed by atoms with Crippen molar-refractivity contribution in [3.05, 3.63) is 28.8 Å². The van der Waals surface area contributed by atoms with Crippen molar-refractivity contribution in [2.45, 2.75) is 6.92 Å². The van der Waals surface area contributed by atoms with Crippen molar-refractivity contribution in [2.24, 2.45) is 0 Å². The lowest BCUT2D eigenvalue weighted by atomic mass is 10.4. The molecule has 0 amide bonds. The molecule has 1 heterocycles. The molecule has 0 saturated heterocycles. The van der Waals surface area contributed by atoms with E-state index in [9.17, 15) is 13.2 Å². The Morgan fingerprint density at radius 2 is 2.00 bits per heavy atom. The zero-order valence-electron chi connectivity index (χ0n) is 6.32. The summed E-state index contributed by atoms with van der Waals surface area (Å²) in [6.07, 6.45) is 1.14. The number of pyridine rings is 1. The van der Waals surface area contributed by atoms with Gasteiger partial charge in [-0.25, -0.2) is 13.2 Å². The molecule has 5 heteroatoms. The molecule has 1 nitrogen and oxygen atoms in total.